The van der Waals surface area contributed by atoms with E-state index in [1.807, 2.05) is 0 Å². The molecule has 0 nitrogen and oxygen atoms in total. The predicted molar refractivity (Wildman–Crippen MR) is 125 cm³/mol. The van der Waals surface area contributed by atoms with Gasteiger partial charge in [0.05, 0.1) is 0 Å². The van der Waals surface area contributed by atoms with Crippen LogP contribution in [0, 0.1) is 0 Å². The molecule has 0 saturated heterocycles. The van der Waals surface area contributed by atoms with Gasteiger partial charge < -0.3 is 0 Å². The van der Waals surface area contributed by atoms with Gasteiger partial charge in [-0.1, -0.05) is 0 Å². The van der Waals surface area contributed by atoms with Crippen LogP contribution in [0.5, 0.6) is 0 Å². The Morgan fingerprint density at radius 1 is 0.310 bits per heavy atom. The first kappa shape index (κ1) is 18.2. The summed E-state index contributed by atoms with van der Waals surface area (Å²) in [5.74, 6) is 0. The van der Waals surface area contributed by atoms with Crippen molar-refractivity contribution in [2.45, 2.75) is 0 Å². The molecule has 1 aliphatic rings. The van der Waals surface area contributed by atoms with Crippen LogP contribution in [0.2, 0.25) is 0 Å². The van der Waals surface area contributed by atoms with Gasteiger partial charge in [-0.2, -0.15) is 0 Å². The Morgan fingerprint density at radius 3 is 0.897 bits per heavy atom. The van der Waals surface area contributed by atoms with Gasteiger partial charge in [0.1, 0.15) is 0 Å². The average molecular weight is 475 g/mol. The van der Waals surface area contributed by atoms with Crippen molar-refractivity contribution in [3.8, 4) is 0 Å². The Labute approximate surface area is 182 Å². The minimum absolute atomic E-state index is 1.00. The van der Waals surface area contributed by atoms with E-state index in [0.29, 0.717) is 0 Å². The zero-order valence-electron chi connectivity index (χ0n) is 16.0. The van der Waals surface area contributed by atoms with Crippen molar-refractivity contribution in [2.75, 3.05) is 0 Å². The van der Waals surface area contributed by atoms with Gasteiger partial charge in [0, 0.05) is 0 Å². The van der Waals surface area contributed by atoms with Gasteiger partial charge in [-0.25, -0.2) is 0 Å². The molecule has 1 aliphatic heterocycles. The summed E-state index contributed by atoms with van der Waals surface area (Å²) < 4.78 is 3.14. The third-order valence-electron chi connectivity index (χ3n) is 5.25. The topological polar surface area (TPSA) is 0 Å². The molecule has 4 aromatic rings. The maximum absolute atomic E-state index is 2.27. The molecule has 5 rings (SSSR count). The Hall–Kier alpha value is -2.84. The number of rotatable bonds is 4. The fourth-order valence-corrected chi connectivity index (χ4v) is 8.67. The van der Waals surface area contributed by atoms with Gasteiger partial charge in [-0.3, -0.25) is 0 Å². The summed E-state index contributed by atoms with van der Waals surface area (Å²) in [5.41, 5.74) is 8.23. The van der Waals surface area contributed by atoms with E-state index >= 15 is 0 Å². The third-order valence-corrected chi connectivity index (χ3v) is 9.75. The van der Waals surface area contributed by atoms with Crippen LogP contribution < -0.4 is 0 Å². The fraction of sp³-hybridized carbons (Fsp3) is 0. The molecule has 0 spiro atoms. The molecule has 1 heterocycles. The average Bonchev–Trinajstić information content (AvgIpc) is 3.22. The van der Waals surface area contributed by atoms with Gasteiger partial charge in [-0.05, 0) is 0 Å². The molecule has 0 unspecified atom stereocenters. The van der Waals surface area contributed by atoms with Crippen LogP contribution >= 0.6 is 0 Å². The SMILES string of the molecule is c1ccc([C]2=C(c3ccccc3)C(c3ccccc3)=[C](c3ccccc3)[Sn]2)cc1. The van der Waals surface area contributed by atoms with E-state index in [1.54, 1.807) is 7.18 Å². The Bertz CT molecular complexity index is 1080. The Morgan fingerprint density at radius 2 is 0.586 bits per heavy atom. The summed E-state index contributed by atoms with van der Waals surface area (Å²) in [4.78, 5) is 0. The van der Waals surface area contributed by atoms with E-state index in [9.17, 15) is 0 Å². The van der Waals surface area contributed by atoms with Crippen LogP contribution in [0.4, 0.5) is 0 Å². The van der Waals surface area contributed by atoms with E-state index in [-0.39, 0.29) is 0 Å². The van der Waals surface area contributed by atoms with E-state index < -0.39 is 21.1 Å². The molecule has 29 heavy (non-hydrogen) atoms. The third kappa shape index (κ3) is 3.61. The van der Waals surface area contributed by atoms with Crippen LogP contribution in [0.3, 0.4) is 0 Å². The summed E-state index contributed by atoms with van der Waals surface area (Å²) in [6, 6.07) is 43.8. The van der Waals surface area contributed by atoms with Gasteiger partial charge in [0.15, 0.2) is 0 Å². The summed E-state index contributed by atoms with van der Waals surface area (Å²) >= 11 is -1.00. The number of hydrogen-bond acceptors (Lipinski definition) is 0. The molecule has 0 atom stereocenters. The van der Waals surface area contributed by atoms with Crippen LogP contribution in [0.1, 0.15) is 22.3 Å². The summed E-state index contributed by atoms with van der Waals surface area (Å²) in [6.45, 7) is 0. The fourth-order valence-electron chi connectivity index (χ4n) is 3.93. The Balaban J connectivity index is 1.81. The van der Waals surface area contributed by atoms with Crippen molar-refractivity contribution >= 4 is 39.5 Å². The van der Waals surface area contributed by atoms with Gasteiger partial charge in [0.25, 0.3) is 0 Å². The van der Waals surface area contributed by atoms with Crippen molar-refractivity contribution in [1.82, 2.24) is 0 Å². The molecule has 0 fully saturated rings. The monoisotopic (exact) mass is 476 g/mol. The minimum atomic E-state index is -1.00. The normalized spacial score (nSPS) is 13.8. The zero-order chi connectivity index (χ0) is 19.5. The van der Waals surface area contributed by atoms with Crippen molar-refractivity contribution in [3.05, 3.63) is 144 Å². The van der Waals surface area contributed by atoms with Gasteiger partial charge in [0.2, 0.25) is 0 Å². The second-order valence-electron chi connectivity index (χ2n) is 7.09. The predicted octanol–water partition coefficient (Wildman–Crippen LogP) is 6.84. The van der Waals surface area contributed by atoms with Crippen LogP contribution in [-0.4, -0.2) is 21.1 Å². The maximum atomic E-state index is 2.27. The van der Waals surface area contributed by atoms with Crippen LogP contribution in [0.25, 0.3) is 18.3 Å². The second kappa shape index (κ2) is 8.26. The van der Waals surface area contributed by atoms with Crippen molar-refractivity contribution < 1.29 is 0 Å². The van der Waals surface area contributed by atoms with Crippen LogP contribution in [-0.2, 0) is 0 Å². The van der Waals surface area contributed by atoms with Crippen molar-refractivity contribution in [2.24, 2.45) is 0 Å². The van der Waals surface area contributed by atoms with Crippen molar-refractivity contribution in [1.29, 1.82) is 0 Å². The first-order valence-corrected chi connectivity index (χ1v) is 12.7. The van der Waals surface area contributed by atoms with E-state index in [0.717, 1.165) is 0 Å². The Kier molecular flexibility index (Phi) is 5.19. The van der Waals surface area contributed by atoms with E-state index in [1.165, 1.54) is 33.4 Å². The van der Waals surface area contributed by atoms with Crippen LogP contribution in [0.15, 0.2) is 121 Å². The quantitative estimate of drug-likeness (QED) is 0.284. The molecule has 0 amide bonds. The van der Waals surface area contributed by atoms with Gasteiger partial charge in [-0.15, -0.1) is 0 Å². The molecule has 1 heteroatoms. The second-order valence-corrected chi connectivity index (χ2v) is 10.7. The molecule has 4 aromatic carbocycles. The summed E-state index contributed by atoms with van der Waals surface area (Å²) in [6.07, 6.45) is 0. The molecule has 2 radical (unpaired) electrons. The first-order valence-electron chi connectivity index (χ1n) is 9.89. The van der Waals surface area contributed by atoms with Crippen molar-refractivity contribution in [3.63, 3.8) is 0 Å². The molecule has 0 bridgehead atoms. The molecule has 0 aliphatic carbocycles. The molecule has 0 aromatic heterocycles. The first-order chi connectivity index (χ1) is 14.4. The summed E-state index contributed by atoms with van der Waals surface area (Å²) in [5, 5.41) is 0. The molecular formula is C28H20Sn. The van der Waals surface area contributed by atoms with Gasteiger partial charge >= 0.3 is 183 Å². The zero-order valence-corrected chi connectivity index (χ0v) is 18.9. The molecule has 0 saturated carbocycles. The molecule has 136 valence electrons. The summed E-state index contributed by atoms with van der Waals surface area (Å²) in [7, 11) is 0. The number of benzene rings is 4. The van der Waals surface area contributed by atoms with E-state index in [2.05, 4.69) is 121 Å². The number of hydrogen-bond donors (Lipinski definition) is 0. The molecular weight excluding hydrogens is 455 g/mol. The molecule has 0 N–H and O–H groups in total. The van der Waals surface area contributed by atoms with E-state index in [4.69, 9.17) is 0 Å². The number of allylic oxidation sites excluding steroid dienone is 2. The standard InChI is InChI=1S/C28H20.Sn/c1-5-13-23(14-6-1)21-27(25-17-9-3-10-18-25)28(26-19-11-4-12-20-26)22-24-15-7-2-8-16-24;/h1-20H;.